The van der Waals surface area contributed by atoms with E-state index in [1.807, 2.05) is 0 Å². The summed E-state index contributed by atoms with van der Waals surface area (Å²) in [5.74, 6) is 2.88. The standard InChI is InChI=1S/C13H27N/c1-5-7-14-13(6-2)12-8-11(9-12)10(3)4/h10-14H,5-9H2,1-4H3. The van der Waals surface area contributed by atoms with Gasteiger partial charge < -0.3 is 5.32 Å². The van der Waals surface area contributed by atoms with Gasteiger partial charge in [0, 0.05) is 6.04 Å². The Morgan fingerprint density at radius 2 is 1.79 bits per heavy atom. The van der Waals surface area contributed by atoms with Crippen LogP contribution in [-0.2, 0) is 0 Å². The Balaban J connectivity index is 2.21. The quantitative estimate of drug-likeness (QED) is 0.688. The van der Waals surface area contributed by atoms with Gasteiger partial charge >= 0.3 is 0 Å². The second-order valence-electron chi connectivity index (χ2n) is 5.20. The third-order valence-electron chi connectivity index (χ3n) is 3.82. The fourth-order valence-electron chi connectivity index (χ4n) is 2.56. The molecule has 0 aromatic rings. The lowest BCUT2D eigenvalue weighted by Gasteiger charge is -2.42. The fraction of sp³-hybridized carbons (Fsp3) is 1.00. The van der Waals surface area contributed by atoms with Crippen molar-refractivity contribution in [3.63, 3.8) is 0 Å². The molecule has 1 fully saturated rings. The molecule has 1 atom stereocenters. The Morgan fingerprint density at radius 3 is 2.21 bits per heavy atom. The summed E-state index contributed by atoms with van der Waals surface area (Å²) in [5.41, 5.74) is 0. The molecule has 0 aromatic heterocycles. The van der Waals surface area contributed by atoms with Crippen LogP contribution < -0.4 is 5.32 Å². The summed E-state index contributed by atoms with van der Waals surface area (Å²) in [7, 11) is 0. The van der Waals surface area contributed by atoms with E-state index in [-0.39, 0.29) is 0 Å². The van der Waals surface area contributed by atoms with Crippen LogP contribution in [0.15, 0.2) is 0 Å². The maximum atomic E-state index is 3.68. The van der Waals surface area contributed by atoms with Gasteiger partial charge in [-0.1, -0.05) is 27.7 Å². The third kappa shape index (κ3) is 2.98. The molecule has 1 saturated carbocycles. The molecule has 0 aliphatic heterocycles. The van der Waals surface area contributed by atoms with Gasteiger partial charge in [-0.05, 0) is 50.0 Å². The molecule has 1 unspecified atom stereocenters. The van der Waals surface area contributed by atoms with Gasteiger partial charge in [-0.15, -0.1) is 0 Å². The Morgan fingerprint density at radius 1 is 1.14 bits per heavy atom. The van der Waals surface area contributed by atoms with Crippen LogP contribution in [0.4, 0.5) is 0 Å². The van der Waals surface area contributed by atoms with E-state index in [0.717, 1.165) is 23.8 Å². The number of rotatable bonds is 6. The van der Waals surface area contributed by atoms with Crippen molar-refractivity contribution < 1.29 is 0 Å². The molecule has 14 heavy (non-hydrogen) atoms. The topological polar surface area (TPSA) is 12.0 Å². The Kier molecular flexibility index (Phi) is 4.94. The Bertz CT molecular complexity index is 147. The molecule has 0 bridgehead atoms. The van der Waals surface area contributed by atoms with Crippen molar-refractivity contribution in [1.29, 1.82) is 0 Å². The molecule has 0 amide bonds. The van der Waals surface area contributed by atoms with Crippen LogP contribution in [0.1, 0.15) is 53.4 Å². The van der Waals surface area contributed by atoms with Gasteiger partial charge in [0.2, 0.25) is 0 Å². The average molecular weight is 197 g/mol. The normalized spacial score (nSPS) is 28.9. The fourth-order valence-corrected chi connectivity index (χ4v) is 2.56. The average Bonchev–Trinajstić information content (AvgIpc) is 2.07. The molecular weight excluding hydrogens is 170 g/mol. The summed E-state index contributed by atoms with van der Waals surface area (Å²) in [6.45, 7) is 10.5. The minimum Gasteiger partial charge on any atom is -0.314 e. The highest BCUT2D eigenvalue weighted by Crippen LogP contribution is 2.41. The van der Waals surface area contributed by atoms with E-state index < -0.39 is 0 Å². The van der Waals surface area contributed by atoms with E-state index >= 15 is 0 Å². The first-order valence-corrected chi connectivity index (χ1v) is 6.42. The number of hydrogen-bond donors (Lipinski definition) is 1. The minimum absolute atomic E-state index is 0.796. The molecule has 0 heterocycles. The SMILES string of the molecule is CCCNC(CC)C1CC(C(C)C)C1. The molecule has 1 heteroatoms. The van der Waals surface area contributed by atoms with Gasteiger partial charge in [0.1, 0.15) is 0 Å². The largest absolute Gasteiger partial charge is 0.314 e. The summed E-state index contributed by atoms with van der Waals surface area (Å²) in [6.07, 6.45) is 5.49. The van der Waals surface area contributed by atoms with Crippen LogP contribution in [0.25, 0.3) is 0 Å². The summed E-state index contributed by atoms with van der Waals surface area (Å²) >= 11 is 0. The second kappa shape index (κ2) is 5.75. The first-order valence-electron chi connectivity index (χ1n) is 6.42. The molecule has 0 saturated heterocycles. The summed E-state index contributed by atoms with van der Waals surface area (Å²) in [5, 5.41) is 3.68. The van der Waals surface area contributed by atoms with E-state index in [1.165, 1.54) is 32.2 Å². The highest BCUT2D eigenvalue weighted by Gasteiger charge is 2.35. The predicted molar refractivity (Wildman–Crippen MR) is 63.4 cm³/mol. The molecule has 0 spiro atoms. The zero-order valence-electron chi connectivity index (χ0n) is 10.3. The third-order valence-corrected chi connectivity index (χ3v) is 3.82. The van der Waals surface area contributed by atoms with E-state index in [2.05, 4.69) is 33.0 Å². The number of nitrogens with one attached hydrogen (secondary N) is 1. The first kappa shape index (κ1) is 12.0. The van der Waals surface area contributed by atoms with Crippen LogP contribution in [0.2, 0.25) is 0 Å². The van der Waals surface area contributed by atoms with Crippen molar-refractivity contribution in [2.75, 3.05) is 6.54 Å². The maximum absolute atomic E-state index is 3.68. The number of hydrogen-bond acceptors (Lipinski definition) is 1. The van der Waals surface area contributed by atoms with Crippen LogP contribution in [0, 0.1) is 17.8 Å². The van der Waals surface area contributed by atoms with Gasteiger partial charge in [0.05, 0.1) is 0 Å². The highest BCUT2D eigenvalue weighted by molar-refractivity contribution is 4.88. The Hall–Kier alpha value is -0.0400. The lowest BCUT2D eigenvalue weighted by Crippen LogP contribution is -2.43. The van der Waals surface area contributed by atoms with Crippen molar-refractivity contribution in [1.82, 2.24) is 5.32 Å². The van der Waals surface area contributed by atoms with Gasteiger partial charge in [0.15, 0.2) is 0 Å². The van der Waals surface area contributed by atoms with E-state index in [9.17, 15) is 0 Å². The van der Waals surface area contributed by atoms with E-state index in [4.69, 9.17) is 0 Å². The summed E-state index contributed by atoms with van der Waals surface area (Å²) < 4.78 is 0. The van der Waals surface area contributed by atoms with Crippen LogP contribution in [0.5, 0.6) is 0 Å². The molecule has 1 nitrogen and oxygen atoms in total. The molecule has 1 aliphatic carbocycles. The zero-order valence-corrected chi connectivity index (χ0v) is 10.3. The molecule has 1 rings (SSSR count). The smallest absolute Gasteiger partial charge is 0.00929 e. The molecule has 1 N–H and O–H groups in total. The second-order valence-corrected chi connectivity index (χ2v) is 5.20. The minimum atomic E-state index is 0.796. The first-order chi connectivity index (χ1) is 6.69. The van der Waals surface area contributed by atoms with E-state index in [1.54, 1.807) is 0 Å². The van der Waals surface area contributed by atoms with Crippen molar-refractivity contribution in [2.45, 2.75) is 59.4 Å². The molecule has 84 valence electrons. The summed E-state index contributed by atoms with van der Waals surface area (Å²) in [4.78, 5) is 0. The molecule has 0 aromatic carbocycles. The monoisotopic (exact) mass is 197 g/mol. The van der Waals surface area contributed by atoms with Gasteiger partial charge in [0.25, 0.3) is 0 Å². The molecule has 1 aliphatic rings. The van der Waals surface area contributed by atoms with Crippen molar-refractivity contribution in [3.05, 3.63) is 0 Å². The van der Waals surface area contributed by atoms with Gasteiger partial charge in [-0.25, -0.2) is 0 Å². The van der Waals surface area contributed by atoms with Crippen LogP contribution in [-0.4, -0.2) is 12.6 Å². The Labute approximate surface area is 89.7 Å². The van der Waals surface area contributed by atoms with Crippen molar-refractivity contribution in [2.24, 2.45) is 17.8 Å². The van der Waals surface area contributed by atoms with Crippen LogP contribution >= 0.6 is 0 Å². The van der Waals surface area contributed by atoms with Gasteiger partial charge in [-0.2, -0.15) is 0 Å². The molecule has 0 radical (unpaired) electrons. The zero-order chi connectivity index (χ0) is 10.6. The van der Waals surface area contributed by atoms with Crippen LogP contribution in [0.3, 0.4) is 0 Å². The van der Waals surface area contributed by atoms with Gasteiger partial charge in [-0.3, -0.25) is 0 Å². The summed E-state index contributed by atoms with van der Waals surface area (Å²) in [6, 6.07) is 0.796. The highest BCUT2D eigenvalue weighted by atomic mass is 14.9. The lowest BCUT2D eigenvalue weighted by molar-refractivity contribution is 0.103. The maximum Gasteiger partial charge on any atom is 0.00929 e. The van der Waals surface area contributed by atoms with E-state index in [0.29, 0.717) is 0 Å². The predicted octanol–water partition coefficient (Wildman–Crippen LogP) is 3.45. The van der Waals surface area contributed by atoms with Crippen molar-refractivity contribution in [3.8, 4) is 0 Å². The molecular formula is C13H27N. The van der Waals surface area contributed by atoms with Crippen molar-refractivity contribution >= 4 is 0 Å². The lowest BCUT2D eigenvalue weighted by atomic mass is 9.66.